The minimum absolute atomic E-state index is 0.0262. The molecule has 1 fully saturated rings. The molecule has 9 heteroatoms. The molecule has 1 aliphatic carbocycles. The van der Waals surface area contributed by atoms with Crippen molar-refractivity contribution in [3.05, 3.63) is 11.4 Å². The Balaban J connectivity index is 2.09. The molecule has 0 spiro atoms. The van der Waals surface area contributed by atoms with E-state index in [1.165, 1.54) is 0 Å². The monoisotopic (exact) mass is 335 g/mol. The summed E-state index contributed by atoms with van der Waals surface area (Å²) in [5.41, 5.74) is 0.151. The van der Waals surface area contributed by atoms with Gasteiger partial charge < -0.3 is 10.1 Å². The second-order valence-electron chi connectivity index (χ2n) is 4.89. The third-order valence-corrected chi connectivity index (χ3v) is 4.83. The summed E-state index contributed by atoms with van der Waals surface area (Å²) in [6.07, 6.45) is 1.97. The number of H-pyrrole nitrogens is 1. The first-order valence-electron chi connectivity index (χ1n) is 6.81. The van der Waals surface area contributed by atoms with Crippen LogP contribution in [0.25, 0.3) is 0 Å². The van der Waals surface area contributed by atoms with E-state index >= 15 is 0 Å². The van der Waals surface area contributed by atoms with Gasteiger partial charge in [-0.05, 0) is 26.2 Å². The molecule has 0 atom stereocenters. The number of aryl methyl sites for hydroxylation is 1. The molecule has 2 rings (SSSR count). The van der Waals surface area contributed by atoms with Crippen molar-refractivity contribution in [3.8, 4) is 0 Å². The van der Waals surface area contributed by atoms with Crippen molar-refractivity contribution in [2.75, 3.05) is 6.61 Å². The van der Waals surface area contributed by atoms with Crippen LogP contribution < -0.4 is 5.32 Å². The number of nitrogens with zero attached hydrogens (tertiary/aromatic N) is 1. The van der Waals surface area contributed by atoms with E-state index in [4.69, 9.17) is 15.4 Å². The van der Waals surface area contributed by atoms with Crippen LogP contribution in [0, 0.1) is 0 Å². The third-order valence-electron chi connectivity index (χ3n) is 3.44. The van der Waals surface area contributed by atoms with Gasteiger partial charge >= 0.3 is 0 Å². The van der Waals surface area contributed by atoms with Gasteiger partial charge in [-0.15, -0.1) is 0 Å². The molecule has 0 unspecified atom stereocenters. The highest BCUT2D eigenvalue weighted by atomic mass is 35.7. The average molecular weight is 336 g/mol. The lowest BCUT2D eigenvalue weighted by molar-refractivity contribution is -0.00870. The molecule has 1 amide bonds. The third kappa shape index (κ3) is 3.56. The van der Waals surface area contributed by atoms with E-state index in [0.717, 1.165) is 0 Å². The minimum atomic E-state index is -4.03. The Kier molecular flexibility index (Phi) is 4.90. The van der Waals surface area contributed by atoms with E-state index in [2.05, 4.69) is 15.5 Å². The summed E-state index contributed by atoms with van der Waals surface area (Å²) in [5, 5.41) is 9.09. The van der Waals surface area contributed by atoms with Crippen molar-refractivity contribution in [2.45, 2.75) is 50.2 Å². The molecular formula is C12H18ClN3O4S. The van der Waals surface area contributed by atoms with E-state index in [1.54, 1.807) is 6.92 Å². The number of carbonyl (C=O) groups is 1. The van der Waals surface area contributed by atoms with E-state index < -0.39 is 15.0 Å². The Labute approximate surface area is 127 Å². The van der Waals surface area contributed by atoms with Gasteiger partial charge in [-0.2, -0.15) is 5.10 Å². The molecule has 0 saturated heterocycles. The van der Waals surface area contributed by atoms with Gasteiger partial charge in [0.05, 0.1) is 11.8 Å². The minimum Gasteiger partial charge on any atom is -0.378 e. The maximum absolute atomic E-state index is 12.2. The van der Waals surface area contributed by atoms with Crippen LogP contribution in [0.1, 0.15) is 42.9 Å². The Hall–Kier alpha value is -1.12. The van der Waals surface area contributed by atoms with Crippen LogP contribution in [0.5, 0.6) is 0 Å². The molecule has 0 aromatic carbocycles. The van der Waals surface area contributed by atoms with Crippen LogP contribution in [-0.2, 0) is 20.2 Å². The largest absolute Gasteiger partial charge is 0.378 e. The topological polar surface area (TPSA) is 101 Å². The predicted molar refractivity (Wildman–Crippen MR) is 76.9 cm³/mol. The highest BCUT2D eigenvalue weighted by molar-refractivity contribution is 8.13. The number of aromatic amines is 1. The molecular weight excluding hydrogens is 318 g/mol. The number of halogens is 1. The molecule has 21 heavy (non-hydrogen) atoms. The first-order valence-corrected chi connectivity index (χ1v) is 9.12. The number of rotatable bonds is 6. The summed E-state index contributed by atoms with van der Waals surface area (Å²) in [5.74, 6) is -0.537. The van der Waals surface area contributed by atoms with Crippen LogP contribution in [0.4, 0.5) is 0 Å². The van der Waals surface area contributed by atoms with Crippen molar-refractivity contribution in [2.24, 2.45) is 0 Å². The molecule has 1 heterocycles. The van der Waals surface area contributed by atoms with Crippen molar-refractivity contribution in [1.82, 2.24) is 15.5 Å². The Bertz CT molecular complexity index is 622. The van der Waals surface area contributed by atoms with Crippen LogP contribution in [0.15, 0.2) is 4.90 Å². The second kappa shape index (κ2) is 6.33. The van der Waals surface area contributed by atoms with Crippen molar-refractivity contribution in [1.29, 1.82) is 0 Å². The van der Waals surface area contributed by atoms with Gasteiger partial charge in [0.15, 0.2) is 5.69 Å². The maximum atomic E-state index is 12.2. The molecule has 118 valence electrons. The van der Waals surface area contributed by atoms with E-state index in [-0.39, 0.29) is 22.7 Å². The number of nitrogens with one attached hydrogen (secondary N) is 2. The van der Waals surface area contributed by atoms with Crippen molar-refractivity contribution < 1.29 is 17.9 Å². The van der Waals surface area contributed by atoms with Gasteiger partial charge in [-0.25, -0.2) is 8.42 Å². The number of aromatic nitrogens is 2. The van der Waals surface area contributed by atoms with Gasteiger partial charge in [0.1, 0.15) is 4.90 Å². The van der Waals surface area contributed by atoms with Gasteiger partial charge in [0.25, 0.3) is 15.0 Å². The predicted octanol–water partition coefficient (Wildman–Crippen LogP) is 1.20. The summed E-state index contributed by atoms with van der Waals surface area (Å²) in [4.78, 5) is 11.9. The second-order valence-corrected chi connectivity index (χ2v) is 7.39. The van der Waals surface area contributed by atoms with Crippen LogP contribution in [-0.4, -0.2) is 43.3 Å². The molecule has 2 N–H and O–H groups in total. The van der Waals surface area contributed by atoms with Crippen LogP contribution in [0.2, 0.25) is 0 Å². The summed E-state index contributed by atoms with van der Waals surface area (Å²) < 4.78 is 28.6. The lowest BCUT2D eigenvalue weighted by Crippen LogP contribution is -2.48. The molecule has 1 saturated carbocycles. The Morgan fingerprint density at radius 1 is 1.48 bits per heavy atom. The Morgan fingerprint density at radius 3 is 2.67 bits per heavy atom. The number of hydrogen-bond acceptors (Lipinski definition) is 5. The van der Waals surface area contributed by atoms with Gasteiger partial charge in [-0.3, -0.25) is 9.89 Å². The summed E-state index contributed by atoms with van der Waals surface area (Å²) in [7, 11) is 1.37. The number of carbonyl (C=O) groups excluding carboxylic acids is 1. The normalized spacial score (nSPS) is 21.9. The standard InChI is InChI=1S/C12H18ClN3O4S/c1-3-9-11(21(13,18)19)10(16-15-9)12(17)14-7-5-8(6-7)20-4-2/h7-8H,3-6H2,1-2H3,(H,14,17)(H,15,16). The molecule has 0 bridgehead atoms. The molecule has 7 nitrogen and oxygen atoms in total. The lowest BCUT2D eigenvalue weighted by atomic mass is 9.89. The lowest BCUT2D eigenvalue weighted by Gasteiger charge is -2.35. The molecule has 1 aromatic heterocycles. The number of hydrogen-bond donors (Lipinski definition) is 2. The molecule has 0 aliphatic heterocycles. The fraction of sp³-hybridized carbons (Fsp3) is 0.667. The van der Waals surface area contributed by atoms with Gasteiger partial charge in [0, 0.05) is 23.3 Å². The van der Waals surface area contributed by atoms with E-state index in [1.807, 2.05) is 6.92 Å². The fourth-order valence-corrected chi connectivity index (χ4v) is 3.69. The molecule has 1 aliphatic rings. The average Bonchev–Trinajstić information content (AvgIpc) is 2.79. The number of ether oxygens (including phenoxy) is 1. The summed E-state index contributed by atoms with van der Waals surface area (Å²) in [6.45, 7) is 4.30. The van der Waals surface area contributed by atoms with Crippen LogP contribution in [0.3, 0.4) is 0 Å². The highest BCUT2D eigenvalue weighted by Gasteiger charge is 2.34. The molecule has 1 aromatic rings. The van der Waals surface area contributed by atoms with E-state index in [0.29, 0.717) is 31.6 Å². The first kappa shape index (κ1) is 16.3. The maximum Gasteiger partial charge on any atom is 0.273 e. The van der Waals surface area contributed by atoms with Gasteiger partial charge in [0.2, 0.25) is 0 Å². The summed E-state index contributed by atoms with van der Waals surface area (Å²) in [6, 6.07) is -0.0262. The smallest absolute Gasteiger partial charge is 0.273 e. The number of amides is 1. The molecule has 0 radical (unpaired) electrons. The zero-order chi connectivity index (χ0) is 15.6. The zero-order valence-corrected chi connectivity index (χ0v) is 13.4. The SMILES string of the molecule is CCOC1CC(NC(=O)c2n[nH]c(CC)c2S(=O)(=O)Cl)C1. The zero-order valence-electron chi connectivity index (χ0n) is 11.8. The summed E-state index contributed by atoms with van der Waals surface area (Å²) >= 11 is 0. The fourth-order valence-electron chi connectivity index (χ4n) is 2.33. The quantitative estimate of drug-likeness (QED) is 0.760. The highest BCUT2D eigenvalue weighted by Crippen LogP contribution is 2.26. The van der Waals surface area contributed by atoms with Gasteiger partial charge in [-0.1, -0.05) is 6.92 Å². The first-order chi connectivity index (χ1) is 9.86. The Morgan fingerprint density at radius 2 is 2.14 bits per heavy atom. The van der Waals surface area contributed by atoms with E-state index in [9.17, 15) is 13.2 Å². The van der Waals surface area contributed by atoms with Crippen molar-refractivity contribution >= 4 is 25.6 Å². The van der Waals surface area contributed by atoms with Crippen LogP contribution >= 0.6 is 10.7 Å². The van der Waals surface area contributed by atoms with Crippen molar-refractivity contribution in [3.63, 3.8) is 0 Å².